The van der Waals surface area contributed by atoms with Gasteiger partial charge < -0.3 is 14.8 Å². The monoisotopic (exact) mass is 276 g/mol. The van der Waals surface area contributed by atoms with E-state index in [1.54, 1.807) is 0 Å². The third-order valence-corrected chi connectivity index (χ3v) is 4.81. The highest BCUT2D eigenvalue weighted by Gasteiger charge is 2.22. The van der Waals surface area contributed by atoms with E-state index < -0.39 is 0 Å². The SMILES string of the molecule is CC(CN1CCCCC1)n1cncc1C1CCCCN1. The molecule has 0 saturated carbocycles. The Morgan fingerprint density at radius 1 is 1.25 bits per heavy atom. The Bertz CT molecular complexity index is 402. The van der Waals surface area contributed by atoms with Crippen molar-refractivity contribution in [2.75, 3.05) is 26.2 Å². The maximum Gasteiger partial charge on any atom is 0.0951 e. The summed E-state index contributed by atoms with van der Waals surface area (Å²) in [5.74, 6) is 0. The molecule has 1 N–H and O–H groups in total. The molecule has 20 heavy (non-hydrogen) atoms. The van der Waals surface area contributed by atoms with Crippen LogP contribution in [0.2, 0.25) is 0 Å². The van der Waals surface area contributed by atoms with Crippen LogP contribution in [0.15, 0.2) is 12.5 Å². The summed E-state index contributed by atoms with van der Waals surface area (Å²) in [6.45, 7) is 7.20. The van der Waals surface area contributed by atoms with Gasteiger partial charge in [-0.3, -0.25) is 0 Å². The molecule has 2 atom stereocenters. The predicted octanol–water partition coefficient (Wildman–Crippen LogP) is 2.74. The van der Waals surface area contributed by atoms with Gasteiger partial charge >= 0.3 is 0 Å². The third kappa shape index (κ3) is 3.23. The fourth-order valence-corrected chi connectivity index (χ4v) is 3.66. The smallest absolute Gasteiger partial charge is 0.0951 e. The molecule has 1 aromatic rings. The summed E-state index contributed by atoms with van der Waals surface area (Å²) >= 11 is 0. The molecule has 4 nitrogen and oxygen atoms in total. The first-order valence-corrected chi connectivity index (χ1v) is 8.32. The van der Waals surface area contributed by atoms with Gasteiger partial charge in [-0.25, -0.2) is 4.98 Å². The van der Waals surface area contributed by atoms with Gasteiger partial charge in [-0.1, -0.05) is 12.8 Å². The zero-order valence-electron chi connectivity index (χ0n) is 12.7. The number of hydrogen-bond donors (Lipinski definition) is 1. The van der Waals surface area contributed by atoms with Crippen molar-refractivity contribution in [3.05, 3.63) is 18.2 Å². The summed E-state index contributed by atoms with van der Waals surface area (Å²) in [5, 5.41) is 3.65. The minimum Gasteiger partial charge on any atom is -0.329 e. The van der Waals surface area contributed by atoms with Crippen LogP contribution in [0, 0.1) is 0 Å². The number of hydrogen-bond acceptors (Lipinski definition) is 3. The van der Waals surface area contributed by atoms with Crippen LogP contribution in [0.1, 0.15) is 63.2 Å². The molecule has 0 aliphatic carbocycles. The van der Waals surface area contributed by atoms with E-state index in [2.05, 4.69) is 32.9 Å². The number of nitrogens with zero attached hydrogens (tertiary/aromatic N) is 3. The van der Waals surface area contributed by atoms with Crippen molar-refractivity contribution in [2.24, 2.45) is 0 Å². The van der Waals surface area contributed by atoms with E-state index in [1.165, 1.54) is 57.3 Å². The van der Waals surface area contributed by atoms with Crippen LogP contribution >= 0.6 is 0 Å². The summed E-state index contributed by atoms with van der Waals surface area (Å²) in [5.41, 5.74) is 1.38. The van der Waals surface area contributed by atoms with Gasteiger partial charge in [0.15, 0.2) is 0 Å². The lowest BCUT2D eigenvalue weighted by Gasteiger charge is -2.31. The predicted molar refractivity (Wildman–Crippen MR) is 81.8 cm³/mol. The Kier molecular flexibility index (Phi) is 4.73. The second kappa shape index (κ2) is 6.72. The largest absolute Gasteiger partial charge is 0.329 e. The highest BCUT2D eigenvalue weighted by atomic mass is 15.2. The fourth-order valence-electron chi connectivity index (χ4n) is 3.66. The van der Waals surface area contributed by atoms with Crippen LogP contribution in [-0.4, -0.2) is 40.6 Å². The van der Waals surface area contributed by atoms with Crippen molar-refractivity contribution in [1.29, 1.82) is 0 Å². The maximum atomic E-state index is 4.42. The zero-order valence-corrected chi connectivity index (χ0v) is 12.7. The van der Waals surface area contributed by atoms with E-state index in [4.69, 9.17) is 0 Å². The Morgan fingerprint density at radius 2 is 2.10 bits per heavy atom. The Hall–Kier alpha value is -0.870. The van der Waals surface area contributed by atoms with Crippen LogP contribution < -0.4 is 5.32 Å². The van der Waals surface area contributed by atoms with Crippen LogP contribution in [0.5, 0.6) is 0 Å². The van der Waals surface area contributed by atoms with Gasteiger partial charge in [0.25, 0.3) is 0 Å². The molecule has 4 heteroatoms. The molecule has 0 aromatic carbocycles. The molecule has 2 saturated heterocycles. The molecule has 1 aromatic heterocycles. The van der Waals surface area contributed by atoms with Crippen LogP contribution in [0.3, 0.4) is 0 Å². The lowest BCUT2D eigenvalue weighted by Crippen LogP contribution is -2.35. The summed E-state index contributed by atoms with van der Waals surface area (Å²) in [6.07, 6.45) is 12.1. The van der Waals surface area contributed by atoms with Gasteiger partial charge in [-0.15, -0.1) is 0 Å². The Morgan fingerprint density at radius 3 is 2.85 bits per heavy atom. The number of nitrogens with one attached hydrogen (secondary N) is 1. The van der Waals surface area contributed by atoms with Gasteiger partial charge in [0.2, 0.25) is 0 Å². The first-order chi connectivity index (χ1) is 9.84. The molecule has 3 rings (SSSR count). The van der Waals surface area contributed by atoms with Crippen molar-refractivity contribution < 1.29 is 0 Å². The fraction of sp³-hybridized carbons (Fsp3) is 0.812. The van der Waals surface area contributed by atoms with Gasteiger partial charge in [0.05, 0.1) is 12.0 Å². The molecule has 0 spiro atoms. The molecule has 2 unspecified atom stereocenters. The van der Waals surface area contributed by atoms with Crippen molar-refractivity contribution in [3.8, 4) is 0 Å². The zero-order chi connectivity index (χ0) is 13.8. The number of piperidine rings is 2. The summed E-state index contributed by atoms with van der Waals surface area (Å²) in [6, 6.07) is 1.03. The first kappa shape index (κ1) is 14.1. The highest BCUT2D eigenvalue weighted by molar-refractivity contribution is 5.08. The lowest BCUT2D eigenvalue weighted by molar-refractivity contribution is 0.199. The van der Waals surface area contributed by atoms with Crippen molar-refractivity contribution in [1.82, 2.24) is 19.8 Å². The second-order valence-corrected chi connectivity index (χ2v) is 6.44. The van der Waals surface area contributed by atoms with Gasteiger partial charge in [0.1, 0.15) is 0 Å². The summed E-state index contributed by atoms with van der Waals surface area (Å²) in [7, 11) is 0. The molecule has 112 valence electrons. The minimum absolute atomic E-state index is 0.509. The molecule has 3 heterocycles. The van der Waals surface area contributed by atoms with Crippen molar-refractivity contribution >= 4 is 0 Å². The van der Waals surface area contributed by atoms with Gasteiger partial charge in [0, 0.05) is 24.8 Å². The normalized spacial score (nSPS) is 26.6. The molecule has 2 aliphatic rings. The number of imidazole rings is 1. The van der Waals surface area contributed by atoms with E-state index >= 15 is 0 Å². The quantitative estimate of drug-likeness (QED) is 0.918. The molecule has 0 radical (unpaired) electrons. The van der Waals surface area contributed by atoms with Gasteiger partial charge in [-0.05, 0) is 52.2 Å². The maximum absolute atomic E-state index is 4.42. The van der Waals surface area contributed by atoms with E-state index in [0.29, 0.717) is 12.1 Å². The van der Waals surface area contributed by atoms with Gasteiger partial charge in [-0.2, -0.15) is 0 Å². The summed E-state index contributed by atoms with van der Waals surface area (Å²) < 4.78 is 2.40. The number of likely N-dealkylation sites (tertiary alicyclic amines) is 1. The first-order valence-electron chi connectivity index (χ1n) is 8.32. The molecule has 0 bridgehead atoms. The van der Waals surface area contributed by atoms with E-state index in [9.17, 15) is 0 Å². The molecular weight excluding hydrogens is 248 g/mol. The molecule has 0 amide bonds. The number of aromatic nitrogens is 2. The standard InChI is InChI=1S/C16H28N4/c1-14(12-19-9-5-2-6-10-19)20-13-17-11-16(20)15-7-3-4-8-18-15/h11,13-15,18H,2-10,12H2,1H3. The molecular formula is C16H28N4. The van der Waals surface area contributed by atoms with E-state index in [0.717, 1.165) is 13.1 Å². The van der Waals surface area contributed by atoms with Crippen LogP contribution in [0.25, 0.3) is 0 Å². The van der Waals surface area contributed by atoms with Crippen molar-refractivity contribution in [3.63, 3.8) is 0 Å². The highest BCUT2D eigenvalue weighted by Crippen LogP contribution is 2.25. The lowest BCUT2D eigenvalue weighted by atomic mass is 10.0. The van der Waals surface area contributed by atoms with Crippen LogP contribution in [0.4, 0.5) is 0 Å². The van der Waals surface area contributed by atoms with E-state index in [1.807, 2.05) is 6.33 Å². The topological polar surface area (TPSA) is 33.1 Å². The average Bonchev–Trinajstić information content (AvgIpc) is 2.99. The Labute approximate surface area is 122 Å². The number of rotatable bonds is 4. The molecule has 2 fully saturated rings. The summed E-state index contributed by atoms with van der Waals surface area (Å²) in [4.78, 5) is 7.03. The van der Waals surface area contributed by atoms with E-state index in [-0.39, 0.29) is 0 Å². The van der Waals surface area contributed by atoms with Crippen LogP contribution in [-0.2, 0) is 0 Å². The Balaban J connectivity index is 1.64. The van der Waals surface area contributed by atoms with Crippen molar-refractivity contribution in [2.45, 2.75) is 57.5 Å². The molecule has 2 aliphatic heterocycles. The average molecular weight is 276 g/mol. The second-order valence-electron chi connectivity index (χ2n) is 6.44. The minimum atomic E-state index is 0.509. The third-order valence-electron chi connectivity index (χ3n) is 4.81.